The summed E-state index contributed by atoms with van der Waals surface area (Å²) in [6.07, 6.45) is 0.204. The third-order valence-corrected chi connectivity index (χ3v) is 6.22. The second kappa shape index (κ2) is 6.12. The number of hydrogen-bond donors (Lipinski definition) is 0. The third-order valence-electron chi connectivity index (χ3n) is 6.22. The average Bonchev–Trinajstić information content (AvgIpc) is 3.25. The number of carbonyl (C=O) groups excluding carboxylic acids is 3. The summed E-state index contributed by atoms with van der Waals surface area (Å²) in [6, 6.07) is 3.44. The molecule has 1 amide bonds. The summed E-state index contributed by atoms with van der Waals surface area (Å²) in [5, 5.41) is 0. The molecule has 1 saturated carbocycles. The minimum absolute atomic E-state index is 0.0374. The van der Waals surface area contributed by atoms with Crippen molar-refractivity contribution in [2.24, 2.45) is 5.92 Å². The molecule has 3 heterocycles. The fraction of sp³-hybridized carbons (Fsp3) is 0.550. The van der Waals surface area contributed by atoms with Crippen LogP contribution in [-0.4, -0.2) is 54.3 Å². The van der Waals surface area contributed by atoms with Gasteiger partial charge in [-0.1, -0.05) is 0 Å². The molecular formula is C20H21NO7. The van der Waals surface area contributed by atoms with E-state index in [0.717, 1.165) is 12.0 Å². The van der Waals surface area contributed by atoms with E-state index in [1.165, 1.54) is 13.8 Å². The van der Waals surface area contributed by atoms with Gasteiger partial charge in [-0.3, -0.25) is 14.4 Å². The number of benzene rings is 1. The van der Waals surface area contributed by atoms with E-state index in [-0.39, 0.29) is 30.6 Å². The Morgan fingerprint density at radius 1 is 1.11 bits per heavy atom. The van der Waals surface area contributed by atoms with Crippen molar-refractivity contribution >= 4 is 17.8 Å². The Hall–Kier alpha value is -2.77. The molecule has 1 saturated heterocycles. The molecule has 0 bridgehead atoms. The highest BCUT2D eigenvalue weighted by Crippen LogP contribution is 2.52. The predicted octanol–water partition coefficient (Wildman–Crippen LogP) is 1.61. The number of fused-ring (bicyclic) bond motifs is 3. The minimum Gasteiger partial charge on any atom is -0.459 e. The molecular weight excluding hydrogens is 366 g/mol. The fourth-order valence-electron chi connectivity index (χ4n) is 5.32. The van der Waals surface area contributed by atoms with Crippen LogP contribution >= 0.6 is 0 Å². The standard InChI is InChI=1S/C20H21NO7/c1-9(22)27-16-5-11-3-4-21-18(11)17(19(16)28-10(2)23)12-6-14-15(26-8-25-14)7-13(12)20(21)24/h6-7,11,16-19H,3-5,8H2,1-2H3/t11-,16+,17+,18-,19-/m1/s1. The summed E-state index contributed by atoms with van der Waals surface area (Å²) in [4.78, 5) is 38.6. The Morgan fingerprint density at radius 2 is 1.82 bits per heavy atom. The summed E-state index contributed by atoms with van der Waals surface area (Å²) >= 11 is 0. The van der Waals surface area contributed by atoms with Crippen LogP contribution in [0.15, 0.2) is 12.1 Å². The predicted molar refractivity (Wildman–Crippen MR) is 94.0 cm³/mol. The first-order valence-electron chi connectivity index (χ1n) is 9.53. The normalized spacial score (nSPS) is 31.9. The lowest BCUT2D eigenvalue weighted by atomic mass is 9.68. The first kappa shape index (κ1) is 17.3. The summed E-state index contributed by atoms with van der Waals surface area (Å²) in [7, 11) is 0. The van der Waals surface area contributed by atoms with Gasteiger partial charge in [0.15, 0.2) is 11.5 Å². The van der Waals surface area contributed by atoms with Crippen LogP contribution in [0.1, 0.15) is 48.5 Å². The molecule has 5 atom stereocenters. The van der Waals surface area contributed by atoms with Crippen molar-refractivity contribution in [1.29, 1.82) is 0 Å². The summed E-state index contributed by atoms with van der Waals surface area (Å²) in [6.45, 7) is 3.45. The molecule has 0 N–H and O–H groups in total. The van der Waals surface area contributed by atoms with Crippen molar-refractivity contribution < 1.29 is 33.3 Å². The highest BCUT2D eigenvalue weighted by atomic mass is 16.7. The largest absolute Gasteiger partial charge is 0.459 e. The third kappa shape index (κ3) is 2.47. The average molecular weight is 387 g/mol. The summed E-state index contributed by atoms with van der Waals surface area (Å²) in [5.74, 6) is 0.131. The van der Waals surface area contributed by atoms with E-state index in [4.69, 9.17) is 18.9 Å². The Morgan fingerprint density at radius 3 is 2.54 bits per heavy atom. The zero-order chi connectivity index (χ0) is 19.6. The molecule has 2 fully saturated rings. The van der Waals surface area contributed by atoms with Crippen molar-refractivity contribution in [2.45, 2.75) is 50.9 Å². The molecule has 5 rings (SSSR count). The Balaban J connectivity index is 1.66. The van der Waals surface area contributed by atoms with E-state index in [1.54, 1.807) is 6.07 Å². The topological polar surface area (TPSA) is 91.4 Å². The molecule has 0 radical (unpaired) electrons. The molecule has 1 aromatic rings. The fourth-order valence-corrected chi connectivity index (χ4v) is 5.32. The van der Waals surface area contributed by atoms with Gasteiger partial charge in [0.25, 0.3) is 5.91 Å². The molecule has 148 valence electrons. The molecule has 28 heavy (non-hydrogen) atoms. The van der Waals surface area contributed by atoms with Crippen LogP contribution in [-0.2, 0) is 19.1 Å². The highest BCUT2D eigenvalue weighted by Gasteiger charge is 2.57. The minimum atomic E-state index is -0.657. The number of rotatable bonds is 2. The van der Waals surface area contributed by atoms with Gasteiger partial charge in [-0.05, 0) is 36.5 Å². The van der Waals surface area contributed by atoms with Crippen LogP contribution in [0.2, 0.25) is 0 Å². The first-order chi connectivity index (χ1) is 13.4. The van der Waals surface area contributed by atoms with Crippen molar-refractivity contribution in [3.63, 3.8) is 0 Å². The highest BCUT2D eigenvalue weighted by molar-refractivity contribution is 5.98. The van der Waals surface area contributed by atoms with Crippen LogP contribution in [0.5, 0.6) is 11.5 Å². The maximum atomic E-state index is 13.2. The number of carbonyl (C=O) groups is 3. The number of nitrogens with zero attached hydrogens (tertiary/aromatic N) is 1. The van der Waals surface area contributed by atoms with Gasteiger partial charge in [-0.25, -0.2) is 0 Å². The molecule has 0 unspecified atom stereocenters. The van der Waals surface area contributed by atoms with E-state index in [0.29, 0.717) is 30.0 Å². The number of esters is 2. The van der Waals surface area contributed by atoms with Gasteiger partial charge in [-0.2, -0.15) is 0 Å². The van der Waals surface area contributed by atoms with Gasteiger partial charge in [-0.15, -0.1) is 0 Å². The van der Waals surface area contributed by atoms with E-state index >= 15 is 0 Å². The Bertz CT molecular complexity index is 882. The van der Waals surface area contributed by atoms with Gasteiger partial charge >= 0.3 is 11.9 Å². The van der Waals surface area contributed by atoms with Crippen molar-refractivity contribution in [1.82, 2.24) is 4.90 Å². The monoisotopic (exact) mass is 387 g/mol. The summed E-state index contributed by atoms with van der Waals surface area (Å²) in [5.41, 5.74) is 1.30. The maximum Gasteiger partial charge on any atom is 0.303 e. The lowest BCUT2D eigenvalue weighted by molar-refractivity contribution is -0.175. The molecule has 8 heteroatoms. The van der Waals surface area contributed by atoms with Gasteiger partial charge in [0.2, 0.25) is 6.79 Å². The second-order valence-electron chi connectivity index (χ2n) is 7.81. The van der Waals surface area contributed by atoms with Gasteiger partial charge < -0.3 is 23.8 Å². The van der Waals surface area contributed by atoms with Crippen LogP contribution in [0.4, 0.5) is 0 Å². The van der Waals surface area contributed by atoms with E-state index in [2.05, 4.69) is 0 Å². The lowest BCUT2D eigenvalue weighted by Gasteiger charge is -2.48. The van der Waals surface area contributed by atoms with Crippen LogP contribution < -0.4 is 9.47 Å². The van der Waals surface area contributed by atoms with Crippen LogP contribution in [0.25, 0.3) is 0 Å². The van der Waals surface area contributed by atoms with Crippen LogP contribution in [0, 0.1) is 5.92 Å². The van der Waals surface area contributed by atoms with E-state index in [1.807, 2.05) is 11.0 Å². The quantitative estimate of drug-likeness (QED) is 0.712. The lowest BCUT2D eigenvalue weighted by Crippen LogP contribution is -2.57. The molecule has 0 aromatic heterocycles. The Kier molecular flexibility index (Phi) is 3.79. The zero-order valence-corrected chi connectivity index (χ0v) is 15.7. The smallest absolute Gasteiger partial charge is 0.303 e. The maximum absolute atomic E-state index is 13.2. The number of amides is 1. The second-order valence-corrected chi connectivity index (χ2v) is 7.81. The van der Waals surface area contributed by atoms with Gasteiger partial charge in [0, 0.05) is 37.9 Å². The van der Waals surface area contributed by atoms with Crippen LogP contribution in [0.3, 0.4) is 0 Å². The van der Waals surface area contributed by atoms with Crippen molar-refractivity contribution in [2.75, 3.05) is 13.3 Å². The number of ether oxygens (including phenoxy) is 4. The molecule has 3 aliphatic heterocycles. The van der Waals surface area contributed by atoms with Gasteiger partial charge in [0.05, 0.1) is 0 Å². The van der Waals surface area contributed by atoms with Crippen molar-refractivity contribution in [3.05, 3.63) is 23.3 Å². The number of hydrogen-bond acceptors (Lipinski definition) is 7. The van der Waals surface area contributed by atoms with Gasteiger partial charge in [0.1, 0.15) is 12.2 Å². The molecule has 1 aromatic carbocycles. The first-order valence-corrected chi connectivity index (χ1v) is 9.53. The SMILES string of the molecule is CC(=O)O[C@H]1[C@H]2c3cc4c(cc3C(=O)N3CC[C@H](C[C@@H]1OC(C)=O)[C@H]23)OCO4. The molecule has 4 aliphatic rings. The van der Waals surface area contributed by atoms with Crippen molar-refractivity contribution in [3.8, 4) is 11.5 Å². The Labute approximate surface area is 161 Å². The van der Waals surface area contributed by atoms with E-state index < -0.39 is 24.1 Å². The zero-order valence-electron chi connectivity index (χ0n) is 15.7. The van der Waals surface area contributed by atoms with E-state index in [9.17, 15) is 14.4 Å². The summed E-state index contributed by atoms with van der Waals surface area (Å²) < 4.78 is 22.2. The molecule has 1 aliphatic carbocycles. The molecule has 0 spiro atoms. The molecule has 8 nitrogen and oxygen atoms in total.